The first-order chi connectivity index (χ1) is 4.70. The van der Waals surface area contributed by atoms with Crippen LogP contribution in [0.4, 0.5) is 4.79 Å². The summed E-state index contributed by atoms with van der Waals surface area (Å²) in [5, 5.41) is 27.0. The summed E-state index contributed by atoms with van der Waals surface area (Å²) in [6, 6.07) is -0.553. The van der Waals surface area contributed by atoms with Crippen molar-refractivity contribution in [1.29, 1.82) is 0 Å². The molecule has 0 bridgehead atoms. The van der Waals surface area contributed by atoms with Crippen molar-refractivity contribution in [2.45, 2.75) is 12.5 Å². The van der Waals surface area contributed by atoms with E-state index in [2.05, 4.69) is 0 Å². The van der Waals surface area contributed by atoms with Gasteiger partial charge in [0.25, 0.3) is 0 Å². The molecule has 10 heavy (non-hydrogen) atoms. The van der Waals surface area contributed by atoms with Gasteiger partial charge in [0.15, 0.2) is 0 Å². The van der Waals surface area contributed by atoms with Crippen LogP contribution >= 0.6 is 0 Å². The quantitative estimate of drug-likeness (QED) is 0.412. The third kappa shape index (κ3) is 4.11. The lowest BCUT2D eigenvalue weighted by Gasteiger charge is -2.11. The van der Waals surface area contributed by atoms with E-state index in [1.165, 1.54) is 0 Å². The smallest absolute Gasteiger partial charge is 0.404 e. The first kappa shape index (κ1) is 9.19. The maximum Gasteiger partial charge on any atom is 0.404 e. The van der Waals surface area contributed by atoms with Crippen LogP contribution in [-0.2, 0) is 0 Å². The van der Waals surface area contributed by atoms with Gasteiger partial charge in [0.1, 0.15) is 0 Å². The lowest BCUT2D eigenvalue weighted by molar-refractivity contribution is 0.166. The second-order valence-electron chi connectivity index (χ2n) is 1.84. The molecule has 1 unspecified atom stereocenters. The van der Waals surface area contributed by atoms with E-state index in [9.17, 15) is 4.79 Å². The lowest BCUT2D eigenvalue weighted by atomic mass is 10.2. The van der Waals surface area contributed by atoms with Gasteiger partial charge < -0.3 is 20.6 Å². The predicted octanol–water partition coefficient (Wildman–Crippen LogP) is -1.00. The van der Waals surface area contributed by atoms with E-state index in [0.717, 1.165) is 0 Å². The highest BCUT2D eigenvalue weighted by molar-refractivity contribution is 5.64. The fourth-order valence-electron chi connectivity index (χ4n) is 0.540. The number of rotatable bonds is 4. The highest BCUT2D eigenvalue weighted by Gasteiger charge is 2.07. The molecular formula is C5H11NO4. The average molecular weight is 149 g/mol. The van der Waals surface area contributed by atoms with Crippen LogP contribution < -0.4 is 5.32 Å². The van der Waals surface area contributed by atoms with Crippen LogP contribution in [0.1, 0.15) is 6.42 Å². The third-order valence-corrected chi connectivity index (χ3v) is 1.03. The molecule has 0 aliphatic rings. The summed E-state index contributed by atoms with van der Waals surface area (Å²) in [5.41, 5.74) is 0. The Hall–Kier alpha value is -0.810. The molecule has 1 atom stereocenters. The second-order valence-corrected chi connectivity index (χ2v) is 1.84. The molecule has 0 radical (unpaired) electrons. The molecular weight excluding hydrogens is 138 g/mol. The molecule has 0 saturated carbocycles. The van der Waals surface area contributed by atoms with E-state index in [1.807, 2.05) is 5.32 Å². The summed E-state index contributed by atoms with van der Waals surface area (Å²) < 4.78 is 0. The minimum absolute atomic E-state index is 0.133. The topological polar surface area (TPSA) is 89.8 Å². The molecule has 60 valence electrons. The molecule has 4 N–H and O–H groups in total. The number of nitrogens with one attached hydrogen (secondary N) is 1. The van der Waals surface area contributed by atoms with Gasteiger partial charge in [0, 0.05) is 6.61 Å². The van der Waals surface area contributed by atoms with Crippen molar-refractivity contribution in [3.63, 3.8) is 0 Å². The maximum absolute atomic E-state index is 9.94. The van der Waals surface area contributed by atoms with E-state index in [-0.39, 0.29) is 19.6 Å². The third-order valence-electron chi connectivity index (χ3n) is 1.03. The number of hydrogen-bond donors (Lipinski definition) is 4. The van der Waals surface area contributed by atoms with Gasteiger partial charge in [-0.3, -0.25) is 0 Å². The molecule has 1 amide bonds. The van der Waals surface area contributed by atoms with Crippen LogP contribution in [-0.4, -0.2) is 40.7 Å². The zero-order valence-electron chi connectivity index (χ0n) is 5.45. The number of aliphatic hydroxyl groups excluding tert-OH is 2. The molecule has 0 aromatic rings. The summed E-state index contributed by atoms with van der Waals surface area (Å²) in [6.45, 7) is -0.418. The Morgan fingerprint density at radius 2 is 2.10 bits per heavy atom. The number of aliphatic hydroxyl groups is 2. The summed E-state index contributed by atoms with van der Waals surface area (Å²) in [5.74, 6) is 0. The predicted molar refractivity (Wildman–Crippen MR) is 33.7 cm³/mol. The van der Waals surface area contributed by atoms with Crippen LogP contribution in [0.15, 0.2) is 0 Å². The lowest BCUT2D eigenvalue weighted by Crippen LogP contribution is -2.37. The highest BCUT2D eigenvalue weighted by Crippen LogP contribution is 1.87. The first-order valence-corrected chi connectivity index (χ1v) is 2.92. The number of hydrogen-bond acceptors (Lipinski definition) is 3. The molecule has 0 heterocycles. The van der Waals surface area contributed by atoms with Crippen molar-refractivity contribution in [1.82, 2.24) is 5.32 Å². The second kappa shape index (κ2) is 5.01. The van der Waals surface area contributed by atoms with Gasteiger partial charge in [-0.15, -0.1) is 0 Å². The van der Waals surface area contributed by atoms with Gasteiger partial charge in [-0.1, -0.05) is 0 Å². The molecule has 0 spiro atoms. The van der Waals surface area contributed by atoms with Gasteiger partial charge in [-0.05, 0) is 6.42 Å². The van der Waals surface area contributed by atoms with E-state index < -0.39 is 12.1 Å². The molecule has 0 rings (SSSR count). The van der Waals surface area contributed by atoms with E-state index in [1.54, 1.807) is 0 Å². The SMILES string of the molecule is O=C(O)NC(CO)CCO. The van der Waals surface area contributed by atoms with Crippen molar-refractivity contribution in [2.24, 2.45) is 0 Å². The molecule has 5 heteroatoms. The van der Waals surface area contributed by atoms with Gasteiger partial charge in [-0.2, -0.15) is 0 Å². The van der Waals surface area contributed by atoms with Crippen molar-refractivity contribution in [2.75, 3.05) is 13.2 Å². The van der Waals surface area contributed by atoms with E-state index in [0.29, 0.717) is 0 Å². The maximum atomic E-state index is 9.94. The Morgan fingerprint density at radius 3 is 2.40 bits per heavy atom. The average Bonchev–Trinajstić information content (AvgIpc) is 1.86. The standard InChI is InChI=1S/C5H11NO4/c7-2-1-4(3-8)6-5(9)10/h4,6-8H,1-3H2,(H,9,10). The number of carbonyl (C=O) groups is 1. The normalized spacial score (nSPS) is 12.6. The molecule has 0 aromatic heterocycles. The molecule has 0 aliphatic heterocycles. The Balaban J connectivity index is 3.49. The zero-order chi connectivity index (χ0) is 7.98. The highest BCUT2D eigenvalue weighted by atomic mass is 16.4. The Bertz CT molecular complexity index is 106. The van der Waals surface area contributed by atoms with Crippen LogP contribution in [0.2, 0.25) is 0 Å². The summed E-state index contributed by atoms with van der Waals surface area (Å²) in [6.07, 6.45) is -0.949. The Morgan fingerprint density at radius 1 is 1.50 bits per heavy atom. The Labute approximate surface area is 58.3 Å². The van der Waals surface area contributed by atoms with Crippen molar-refractivity contribution in [3.05, 3.63) is 0 Å². The van der Waals surface area contributed by atoms with Crippen molar-refractivity contribution < 1.29 is 20.1 Å². The fraction of sp³-hybridized carbons (Fsp3) is 0.800. The summed E-state index contributed by atoms with van der Waals surface area (Å²) in [4.78, 5) is 9.94. The molecule has 0 saturated heterocycles. The summed E-state index contributed by atoms with van der Waals surface area (Å²) >= 11 is 0. The van der Waals surface area contributed by atoms with Crippen molar-refractivity contribution in [3.8, 4) is 0 Å². The molecule has 0 aromatic carbocycles. The van der Waals surface area contributed by atoms with Crippen LogP contribution in [0.5, 0.6) is 0 Å². The monoisotopic (exact) mass is 149 g/mol. The van der Waals surface area contributed by atoms with Crippen LogP contribution in [0.3, 0.4) is 0 Å². The van der Waals surface area contributed by atoms with Gasteiger partial charge >= 0.3 is 6.09 Å². The van der Waals surface area contributed by atoms with Gasteiger partial charge in [0.05, 0.1) is 12.6 Å². The molecule has 0 aliphatic carbocycles. The number of carboxylic acid groups (broad SMARTS) is 1. The van der Waals surface area contributed by atoms with Crippen LogP contribution in [0, 0.1) is 0 Å². The minimum atomic E-state index is -1.19. The summed E-state index contributed by atoms with van der Waals surface area (Å²) in [7, 11) is 0. The molecule has 0 fully saturated rings. The fourth-order valence-corrected chi connectivity index (χ4v) is 0.540. The van der Waals surface area contributed by atoms with Crippen LogP contribution in [0.25, 0.3) is 0 Å². The van der Waals surface area contributed by atoms with Crippen molar-refractivity contribution >= 4 is 6.09 Å². The van der Waals surface area contributed by atoms with Gasteiger partial charge in [-0.25, -0.2) is 4.79 Å². The van der Waals surface area contributed by atoms with E-state index in [4.69, 9.17) is 15.3 Å². The zero-order valence-corrected chi connectivity index (χ0v) is 5.45. The first-order valence-electron chi connectivity index (χ1n) is 2.92. The Kier molecular flexibility index (Phi) is 4.61. The number of amides is 1. The van der Waals surface area contributed by atoms with E-state index >= 15 is 0 Å². The minimum Gasteiger partial charge on any atom is -0.465 e. The largest absolute Gasteiger partial charge is 0.465 e. The van der Waals surface area contributed by atoms with Gasteiger partial charge in [0.2, 0.25) is 0 Å². The molecule has 5 nitrogen and oxygen atoms in total.